The fraction of sp³-hybridized carbons (Fsp3) is 0.786. The van der Waals surface area contributed by atoms with Crippen LogP contribution in [0.1, 0.15) is 38.4 Å². The summed E-state index contributed by atoms with van der Waals surface area (Å²) in [6.45, 7) is 4.50. The molecule has 2 N–H and O–H groups in total. The maximum Gasteiger partial charge on any atom is 0.109 e. The normalized spacial score (nSPS) is 24.7. The van der Waals surface area contributed by atoms with Crippen LogP contribution in [-0.4, -0.2) is 39.6 Å². The Morgan fingerprint density at radius 2 is 2.11 bits per heavy atom. The van der Waals surface area contributed by atoms with Crippen LogP contribution in [-0.2, 0) is 13.5 Å². The number of likely N-dealkylation sites (N-methyl/N-ethyl adjacent to an activating group) is 1. The molecule has 0 saturated heterocycles. The van der Waals surface area contributed by atoms with Gasteiger partial charge in [0.1, 0.15) is 5.82 Å². The monoisotopic (exact) mass is 250 g/mol. The van der Waals surface area contributed by atoms with Crippen molar-refractivity contribution in [2.45, 2.75) is 51.1 Å². The minimum absolute atomic E-state index is 0.439. The van der Waals surface area contributed by atoms with Crippen LogP contribution in [0.15, 0.2) is 12.4 Å². The fourth-order valence-electron chi connectivity index (χ4n) is 2.95. The van der Waals surface area contributed by atoms with Crippen LogP contribution < -0.4 is 5.73 Å². The lowest BCUT2D eigenvalue weighted by molar-refractivity contribution is 0.157. The molecule has 1 aromatic rings. The molecule has 2 rings (SSSR count). The van der Waals surface area contributed by atoms with Crippen molar-refractivity contribution >= 4 is 0 Å². The van der Waals surface area contributed by atoms with E-state index in [9.17, 15) is 0 Å². The minimum Gasteiger partial charge on any atom is -0.338 e. The van der Waals surface area contributed by atoms with Gasteiger partial charge in [-0.15, -0.1) is 0 Å². The molecule has 1 aromatic heterocycles. The zero-order chi connectivity index (χ0) is 13.0. The maximum absolute atomic E-state index is 5.98. The zero-order valence-corrected chi connectivity index (χ0v) is 11.7. The average molecular weight is 250 g/mol. The van der Waals surface area contributed by atoms with E-state index >= 15 is 0 Å². The molecule has 1 fully saturated rings. The predicted molar refractivity (Wildman–Crippen MR) is 74.4 cm³/mol. The Kier molecular flexibility index (Phi) is 4.78. The molecule has 0 unspecified atom stereocenters. The number of aromatic nitrogens is 2. The van der Waals surface area contributed by atoms with Crippen molar-refractivity contribution in [3.05, 3.63) is 18.2 Å². The molecule has 102 valence electrons. The Bertz CT molecular complexity index is 352. The Morgan fingerprint density at radius 1 is 1.39 bits per heavy atom. The van der Waals surface area contributed by atoms with Gasteiger partial charge >= 0.3 is 0 Å². The van der Waals surface area contributed by atoms with Crippen LogP contribution in [0, 0.1) is 0 Å². The van der Waals surface area contributed by atoms with E-state index in [4.69, 9.17) is 5.73 Å². The lowest BCUT2D eigenvalue weighted by Crippen LogP contribution is -2.41. The molecule has 0 bridgehead atoms. The summed E-state index contributed by atoms with van der Waals surface area (Å²) < 4.78 is 2.12. The van der Waals surface area contributed by atoms with Gasteiger partial charge in [-0.05, 0) is 32.2 Å². The Morgan fingerprint density at radius 3 is 2.67 bits per heavy atom. The van der Waals surface area contributed by atoms with Crippen molar-refractivity contribution in [2.75, 3.05) is 13.1 Å². The van der Waals surface area contributed by atoms with Gasteiger partial charge in [0.15, 0.2) is 0 Å². The first-order chi connectivity index (χ1) is 8.70. The SMILES string of the molecule is CCN(CCc1nccn1C)C1CCC(N)CC1. The van der Waals surface area contributed by atoms with E-state index in [1.165, 1.54) is 31.5 Å². The number of hydrogen-bond donors (Lipinski definition) is 1. The second kappa shape index (κ2) is 6.34. The van der Waals surface area contributed by atoms with Crippen LogP contribution in [0.3, 0.4) is 0 Å². The second-order valence-corrected chi connectivity index (χ2v) is 5.40. The molecular formula is C14H26N4. The van der Waals surface area contributed by atoms with Crippen molar-refractivity contribution < 1.29 is 0 Å². The van der Waals surface area contributed by atoms with Gasteiger partial charge in [0.25, 0.3) is 0 Å². The van der Waals surface area contributed by atoms with Crippen molar-refractivity contribution in [3.8, 4) is 0 Å². The summed E-state index contributed by atoms with van der Waals surface area (Å²) in [5.74, 6) is 1.18. The first-order valence-corrected chi connectivity index (χ1v) is 7.16. The molecule has 0 radical (unpaired) electrons. The van der Waals surface area contributed by atoms with Crippen molar-refractivity contribution in [2.24, 2.45) is 12.8 Å². The van der Waals surface area contributed by atoms with Crippen molar-refractivity contribution in [1.82, 2.24) is 14.5 Å². The van der Waals surface area contributed by atoms with Crippen LogP contribution in [0.2, 0.25) is 0 Å². The Balaban J connectivity index is 1.84. The van der Waals surface area contributed by atoms with Gasteiger partial charge in [-0.2, -0.15) is 0 Å². The lowest BCUT2D eigenvalue weighted by atomic mass is 9.90. The third-order valence-electron chi connectivity index (χ3n) is 4.21. The summed E-state index contributed by atoms with van der Waals surface area (Å²) in [5.41, 5.74) is 5.98. The molecule has 1 aliphatic carbocycles. The summed E-state index contributed by atoms with van der Waals surface area (Å²) >= 11 is 0. The largest absolute Gasteiger partial charge is 0.338 e. The van der Waals surface area contributed by atoms with Crippen molar-refractivity contribution in [3.63, 3.8) is 0 Å². The molecule has 0 amide bonds. The van der Waals surface area contributed by atoms with Gasteiger partial charge in [-0.25, -0.2) is 4.98 Å². The molecule has 4 heteroatoms. The van der Waals surface area contributed by atoms with Crippen LogP contribution >= 0.6 is 0 Å². The smallest absolute Gasteiger partial charge is 0.109 e. The zero-order valence-electron chi connectivity index (χ0n) is 11.7. The number of nitrogens with zero attached hydrogens (tertiary/aromatic N) is 3. The molecule has 0 aromatic carbocycles. The number of aryl methyl sites for hydroxylation is 1. The molecular weight excluding hydrogens is 224 g/mol. The number of nitrogens with two attached hydrogens (primary N) is 1. The summed E-state index contributed by atoms with van der Waals surface area (Å²) in [6.07, 6.45) is 9.83. The van der Waals surface area contributed by atoms with E-state index in [0.717, 1.165) is 25.6 Å². The third kappa shape index (κ3) is 3.33. The number of rotatable bonds is 5. The summed E-state index contributed by atoms with van der Waals surface area (Å²) in [7, 11) is 2.07. The van der Waals surface area contributed by atoms with E-state index in [2.05, 4.69) is 28.4 Å². The molecule has 18 heavy (non-hydrogen) atoms. The van der Waals surface area contributed by atoms with E-state index in [-0.39, 0.29) is 0 Å². The molecule has 0 aliphatic heterocycles. The highest BCUT2D eigenvalue weighted by molar-refractivity contribution is 4.92. The minimum atomic E-state index is 0.439. The fourth-order valence-corrected chi connectivity index (χ4v) is 2.95. The first-order valence-electron chi connectivity index (χ1n) is 7.16. The quantitative estimate of drug-likeness (QED) is 0.862. The summed E-state index contributed by atoms with van der Waals surface area (Å²) in [4.78, 5) is 6.99. The van der Waals surface area contributed by atoms with E-state index < -0.39 is 0 Å². The molecule has 1 heterocycles. The van der Waals surface area contributed by atoms with Crippen LogP contribution in [0.25, 0.3) is 0 Å². The molecule has 0 atom stereocenters. The van der Waals surface area contributed by atoms with E-state index in [1.807, 2.05) is 12.4 Å². The highest BCUT2D eigenvalue weighted by atomic mass is 15.2. The topological polar surface area (TPSA) is 47.1 Å². The third-order valence-corrected chi connectivity index (χ3v) is 4.21. The van der Waals surface area contributed by atoms with Crippen molar-refractivity contribution in [1.29, 1.82) is 0 Å². The van der Waals surface area contributed by atoms with Crippen LogP contribution in [0.5, 0.6) is 0 Å². The lowest BCUT2D eigenvalue weighted by Gasteiger charge is -2.35. The molecule has 1 saturated carbocycles. The van der Waals surface area contributed by atoms with Crippen LogP contribution in [0.4, 0.5) is 0 Å². The molecule has 1 aliphatic rings. The highest BCUT2D eigenvalue weighted by Gasteiger charge is 2.23. The maximum atomic E-state index is 5.98. The average Bonchev–Trinajstić information content (AvgIpc) is 2.78. The second-order valence-electron chi connectivity index (χ2n) is 5.40. The summed E-state index contributed by atoms with van der Waals surface area (Å²) in [5, 5.41) is 0. The summed E-state index contributed by atoms with van der Waals surface area (Å²) in [6, 6.07) is 1.17. The standard InChI is InChI=1S/C14H26N4/c1-3-18(13-6-4-12(15)5-7-13)10-8-14-16-9-11-17(14)2/h9,11-13H,3-8,10,15H2,1-2H3. The predicted octanol–water partition coefficient (Wildman–Crippen LogP) is 1.55. The first kappa shape index (κ1) is 13.6. The van der Waals surface area contributed by atoms with Gasteiger partial charge < -0.3 is 15.2 Å². The van der Waals surface area contributed by atoms with E-state index in [0.29, 0.717) is 6.04 Å². The highest BCUT2D eigenvalue weighted by Crippen LogP contribution is 2.22. The van der Waals surface area contributed by atoms with Gasteiger partial charge in [0, 0.05) is 44.5 Å². The van der Waals surface area contributed by atoms with E-state index in [1.54, 1.807) is 0 Å². The van der Waals surface area contributed by atoms with Gasteiger partial charge in [0.05, 0.1) is 0 Å². The molecule has 0 spiro atoms. The number of hydrogen-bond acceptors (Lipinski definition) is 3. The Labute approximate surface area is 110 Å². The van der Waals surface area contributed by atoms with Gasteiger partial charge in [-0.1, -0.05) is 6.92 Å². The molecule has 4 nitrogen and oxygen atoms in total. The van der Waals surface area contributed by atoms with Gasteiger partial charge in [0.2, 0.25) is 0 Å². The Hall–Kier alpha value is -0.870. The van der Waals surface area contributed by atoms with Gasteiger partial charge in [-0.3, -0.25) is 0 Å². The number of imidazole rings is 1.